The molecular weight excluding hydrogens is 228 g/mol. The van der Waals surface area contributed by atoms with E-state index in [4.69, 9.17) is 4.52 Å². The Morgan fingerprint density at radius 1 is 1.50 bits per heavy atom. The summed E-state index contributed by atoms with van der Waals surface area (Å²) >= 11 is 0. The molecule has 1 atom stereocenters. The molecule has 1 fully saturated rings. The summed E-state index contributed by atoms with van der Waals surface area (Å²) in [6.07, 6.45) is 4.35. The average molecular weight is 252 g/mol. The molecule has 0 spiro atoms. The van der Waals surface area contributed by atoms with Crippen molar-refractivity contribution >= 4 is 0 Å². The van der Waals surface area contributed by atoms with Crippen LogP contribution < -0.4 is 5.32 Å². The fourth-order valence-electron chi connectivity index (χ4n) is 2.56. The Morgan fingerprint density at radius 2 is 2.39 bits per heavy atom. The van der Waals surface area contributed by atoms with Crippen molar-refractivity contribution in [1.82, 2.24) is 20.4 Å². The Bertz CT molecular complexity index is 353. The van der Waals surface area contributed by atoms with E-state index in [9.17, 15) is 0 Å². The van der Waals surface area contributed by atoms with Crippen LogP contribution in [0.1, 0.15) is 31.5 Å². The third-order valence-electron chi connectivity index (χ3n) is 3.62. The Hall–Kier alpha value is -0.940. The van der Waals surface area contributed by atoms with E-state index in [1.807, 2.05) is 7.05 Å². The minimum atomic E-state index is 0.677. The van der Waals surface area contributed by atoms with Crippen LogP contribution >= 0.6 is 0 Å². The van der Waals surface area contributed by atoms with Gasteiger partial charge in [0.15, 0.2) is 5.82 Å². The van der Waals surface area contributed by atoms with Crippen LogP contribution in [0.4, 0.5) is 0 Å². The number of piperidine rings is 1. The first-order valence-corrected chi connectivity index (χ1v) is 7.00. The lowest BCUT2D eigenvalue weighted by molar-refractivity contribution is 0.174. The second kappa shape index (κ2) is 6.85. The van der Waals surface area contributed by atoms with Crippen LogP contribution in [0.3, 0.4) is 0 Å². The molecule has 5 heteroatoms. The number of rotatable bonds is 6. The summed E-state index contributed by atoms with van der Waals surface area (Å²) in [5, 5.41) is 7.11. The van der Waals surface area contributed by atoms with Gasteiger partial charge in [0.25, 0.3) is 0 Å². The number of likely N-dealkylation sites (N-methyl/N-ethyl adjacent to an activating group) is 1. The molecule has 1 aliphatic rings. The van der Waals surface area contributed by atoms with Crippen molar-refractivity contribution in [2.24, 2.45) is 5.92 Å². The second-order valence-corrected chi connectivity index (χ2v) is 5.06. The quantitative estimate of drug-likeness (QED) is 0.822. The summed E-state index contributed by atoms with van der Waals surface area (Å²) < 4.78 is 5.33. The normalized spacial score (nSPS) is 21.3. The lowest BCUT2D eigenvalue weighted by atomic mass is 9.95. The van der Waals surface area contributed by atoms with E-state index in [1.165, 1.54) is 25.9 Å². The molecule has 0 amide bonds. The molecule has 1 aromatic rings. The second-order valence-electron chi connectivity index (χ2n) is 5.06. The van der Waals surface area contributed by atoms with E-state index < -0.39 is 0 Å². The molecule has 0 radical (unpaired) electrons. The molecule has 1 unspecified atom stereocenters. The molecule has 5 nitrogen and oxygen atoms in total. The van der Waals surface area contributed by atoms with Crippen molar-refractivity contribution in [3.63, 3.8) is 0 Å². The van der Waals surface area contributed by atoms with Crippen molar-refractivity contribution < 1.29 is 4.52 Å². The van der Waals surface area contributed by atoms with Gasteiger partial charge in [-0.1, -0.05) is 12.1 Å². The third kappa shape index (κ3) is 3.78. The monoisotopic (exact) mass is 252 g/mol. The predicted molar refractivity (Wildman–Crippen MR) is 70.5 cm³/mol. The first-order chi connectivity index (χ1) is 8.81. The van der Waals surface area contributed by atoms with Crippen LogP contribution in [0, 0.1) is 5.92 Å². The lowest BCUT2D eigenvalue weighted by Crippen LogP contribution is -2.35. The molecule has 1 saturated heterocycles. The molecule has 18 heavy (non-hydrogen) atoms. The molecule has 1 N–H and O–H groups in total. The van der Waals surface area contributed by atoms with Gasteiger partial charge in [0.1, 0.15) is 0 Å². The highest BCUT2D eigenvalue weighted by Gasteiger charge is 2.21. The number of nitrogens with zero attached hydrogens (tertiary/aromatic N) is 3. The van der Waals surface area contributed by atoms with Gasteiger partial charge < -0.3 is 14.7 Å². The van der Waals surface area contributed by atoms with E-state index in [0.29, 0.717) is 5.92 Å². The summed E-state index contributed by atoms with van der Waals surface area (Å²) in [5.74, 6) is 2.31. The number of likely N-dealkylation sites (tertiary alicyclic amines) is 1. The third-order valence-corrected chi connectivity index (χ3v) is 3.62. The van der Waals surface area contributed by atoms with Crippen molar-refractivity contribution in [1.29, 1.82) is 0 Å². The standard InChI is InChI=1S/C13H24N4O/c1-3-17-8-4-5-11(10-17)9-13-15-12(16-18-13)6-7-14-2/h11,14H,3-10H2,1-2H3. The maximum absolute atomic E-state index is 5.33. The van der Waals surface area contributed by atoms with Gasteiger partial charge in [-0.2, -0.15) is 4.98 Å². The van der Waals surface area contributed by atoms with Gasteiger partial charge >= 0.3 is 0 Å². The number of aromatic nitrogens is 2. The summed E-state index contributed by atoms with van der Waals surface area (Å²) in [7, 11) is 1.93. The molecule has 0 aromatic carbocycles. The summed E-state index contributed by atoms with van der Waals surface area (Å²) in [4.78, 5) is 6.96. The first-order valence-electron chi connectivity index (χ1n) is 7.00. The van der Waals surface area contributed by atoms with E-state index in [2.05, 4.69) is 27.3 Å². The largest absolute Gasteiger partial charge is 0.339 e. The smallest absolute Gasteiger partial charge is 0.226 e. The molecule has 1 aliphatic heterocycles. The zero-order valence-electron chi connectivity index (χ0n) is 11.5. The van der Waals surface area contributed by atoms with Crippen LogP contribution in [0.5, 0.6) is 0 Å². The predicted octanol–water partition coefficient (Wildman–Crippen LogP) is 1.11. The molecule has 0 bridgehead atoms. The summed E-state index contributed by atoms with van der Waals surface area (Å²) in [6.45, 7) is 6.68. The van der Waals surface area contributed by atoms with Crippen molar-refractivity contribution in [2.45, 2.75) is 32.6 Å². The molecular formula is C13H24N4O. The number of hydrogen-bond donors (Lipinski definition) is 1. The zero-order chi connectivity index (χ0) is 12.8. The molecule has 0 aliphatic carbocycles. The van der Waals surface area contributed by atoms with Crippen molar-refractivity contribution in [3.8, 4) is 0 Å². The van der Waals surface area contributed by atoms with Gasteiger partial charge in [-0.3, -0.25) is 0 Å². The van der Waals surface area contributed by atoms with E-state index >= 15 is 0 Å². The first kappa shape index (κ1) is 13.5. The average Bonchev–Trinajstić information content (AvgIpc) is 2.84. The summed E-state index contributed by atoms with van der Waals surface area (Å²) in [5.41, 5.74) is 0. The molecule has 0 saturated carbocycles. The van der Waals surface area contributed by atoms with Crippen molar-refractivity contribution in [3.05, 3.63) is 11.7 Å². The molecule has 102 valence electrons. The lowest BCUT2D eigenvalue weighted by Gasteiger charge is -2.30. The fourth-order valence-corrected chi connectivity index (χ4v) is 2.56. The van der Waals surface area contributed by atoms with Gasteiger partial charge in [0.05, 0.1) is 0 Å². The number of nitrogens with one attached hydrogen (secondary N) is 1. The minimum absolute atomic E-state index is 0.677. The van der Waals surface area contributed by atoms with Gasteiger partial charge in [-0.25, -0.2) is 0 Å². The zero-order valence-corrected chi connectivity index (χ0v) is 11.5. The molecule has 2 rings (SSSR count). The Labute approximate surface area is 109 Å². The van der Waals surface area contributed by atoms with Crippen molar-refractivity contribution in [2.75, 3.05) is 33.2 Å². The van der Waals surface area contributed by atoms with Crippen LogP contribution in [0.2, 0.25) is 0 Å². The van der Waals surface area contributed by atoms with Crippen LogP contribution in [-0.4, -0.2) is 48.3 Å². The Morgan fingerprint density at radius 3 is 3.17 bits per heavy atom. The van der Waals surface area contributed by atoms with E-state index in [1.54, 1.807) is 0 Å². The number of hydrogen-bond acceptors (Lipinski definition) is 5. The van der Waals surface area contributed by atoms with E-state index in [-0.39, 0.29) is 0 Å². The van der Waals surface area contributed by atoms with Crippen LogP contribution in [0.25, 0.3) is 0 Å². The maximum atomic E-state index is 5.33. The molecule has 1 aromatic heterocycles. The minimum Gasteiger partial charge on any atom is -0.339 e. The van der Waals surface area contributed by atoms with Crippen LogP contribution in [0.15, 0.2) is 4.52 Å². The highest BCUT2D eigenvalue weighted by atomic mass is 16.5. The maximum Gasteiger partial charge on any atom is 0.226 e. The van der Waals surface area contributed by atoms with E-state index in [0.717, 1.165) is 37.6 Å². The van der Waals surface area contributed by atoms with Gasteiger partial charge in [0, 0.05) is 25.9 Å². The van der Waals surface area contributed by atoms with Gasteiger partial charge in [0.2, 0.25) is 5.89 Å². The highest BCUT2D eigenvalue weighted by Crippen LogP contribution is 2.19. The SMILES string of the molecule is CCN1CCCC(Cc2nc(CCNC)no2)C1. The van der Waals surface area contributed by atoms with Gasteiger partial charge in [-0.05, 0) is 38.9 Å². The van der Waals surface area contributed by atoms with Gasteiger partial charge in [-0.15, -0.1) is 0 Å². The summed E-state index contributed by atoms with van der Waals surface area (Å²) in [6, 6.07) is 0. The Balaban J connectivity index is 1.83. The highest BCUT2D eigenvalue weighted by molar-refractivity contribution is 4.90. The fraction of sp³-hybridized carbons (Fsp3) is 0.846. The van der Waals surface area contributed by atoms with Crippen LogP contribution in [-0.2, 0) is 12.8 Å². The topological polar surface area (TPSA) is 54.2 Å². The molecule has 2 heterocycles. The Kier molecular flexibility index (Phi) is 5.13.